The molecule has 1 saturated heterocycles. The normalized spacial score (nSPS) is 22.1. The maximum atomic E-state index is 14.8. The van der Waals surface area contributed by atoms with Crippen LogP contribution < -0.4 is 19.3 Å². The molecule has 0 unspecified atom stereocenters. The van der Waals surface area contributed by atoms with Crippen LogP contribution in [0.1, 0.15) is 0 Å². The second-order valence-corrected chi connectivity index (χ2v) is 9.42. The van der Waals surface area contributed by atoms with E-state index >= 15 is 0 Å². The van der Waals surface area contributed by atoms with Crippen molar-refractivity contribution in [1.29, 1.82) is 0 Å². The Balaban J connectivity index is 1.88. The summed E-state index contributed by atoms with van der Waals surface area (Å²) in [6, 6.07) is 6.71. The van der Waals surface area contributed by atoms with E-state index in [1.807, 2.05) is 0 Å². The number of carbonyl (C=O) groups excluding carboxylic acids is 1. The molecule has 2 aromatic rings. The van der Waals surface area contributed by atoms with E-state index in [2.05, 4.69) is 0 Å². The number of non-ortho nitro benzene ring substituents is 1. The fourth-order valence-corrected chi connectivity index (χ4v) is 4.27. The molecule has 1 heterocycles. The Bertz CT molecular complexity index is 1270. The monoisotopic (exact) mass is 621 g/mol. The number of anilines is 2. The van der Waals surface area contributed by atoms with Gasteiger partial charge in [-0.2, -0.15) is 0 Å². The molecule has 2 aromatic carbocycles. The van der Waals surface area contributed by atoms with Gasteiger partial charge in [0.25, 0.3) is 5.69 Å². The third kappa shape index (κ3) is 7.44. The number of nitrogens with zero attached hydrogens (tertiary/aromatic N) is 3. The average molecular weight is 622 g/mol. The number of ether oxygens (including phenoxy) is 3. The van der Waals surface area contributed by atoms with E-state index in [9.17, 15) is 44.5 Å². The molecule has 17 heteroatoms. The average Bonchev–Trinajstić information content (AvgIpc) is 2.93. The van der Waals surface area contributed by atoms with Crippen LogP contribution >= 0.6 is 23.2 Å². The zero-order chi connectivity index (χ0) is 30.4. The van der Waals surface area contributed by atoms with Crippen LogP contribution in [-0.4, -0.2) is 100 Å². The SMILES string of the molecule is CN(C(=O)Oc1ccc(N(CCCl)CCCl)cc1F)c1cc([N+](=O)[O-])ccc1O[C@@H]1O[C@H](C(=O)O)[C@@H](O)[C@H](O)[C@H]1O. The van der Waals surface area contributed by atoms with E-state index < -0.39 is 64.9 Å². The van der Waals surface area contributed by atoms with Crippen LogP contribution in [0.15, 0.2) is 36.4 Å². The minimum Gasteiger partial charge on any atom is -0.479 e. The standard InChI is InChI=1S/C24H26Cl2FN3O11/c1-28(24(36)40-16-4-2-12(10-14(16)27)29(8-6-25)9-7-26)15-11-13(30(37)38)3-5-17(15)39-23-20(33)18(31)19(32)21(41-23)22(34)35/h2-5,10-11,18-21,23,31-33H,6-9H2,1H3,(H,34,35)/t18-,19-,20+,21-,23+/m0/s1. The fraction of sp³-hybridized carbons (Fsp3) is 0.417. The summed E-state index contributed by atoms with van der Waals surface area (Å²) in [6.45, 7) is 0.765. The van der Waals surface area contributed by atoms with Gasteiger partial charge in [-0.1, -0.05) is 0 Å². The summed E-state index contributed by atoms with van der Waals surface area (Å²) in [6.07, 6.45) is -11.0. The number of carboxylic acids is 1. The van der Waals surface area contributed by atoms with Gasteiger partial charge in [0.15, 0.2) is 17.7 Å². The Morgan fingerprint density at radius 1 is 1.05 bits per heavy atom. The highest BCUT2D eigenvalue weighted by molar-refractivity contribution is 6.18. The summed E-state index contributed by atoms with van der Waals surface area (Å²) >= 11 is 11.6. The maximum Gasteiger partial charge on any atom is 0.419 e. The van der Waals surface area contributed by atoms with Gasteiger partial charge in [-0.15, -0.1) is 23.2 Å². The van der Waals surface area contributed by atoms with Gasteiger partial charge in [0.1, 0.15) is 24.1 Å². The van der Waals surface area contributed by atoms with Crippen molar-refractivity contribution < 1.29 is 53.5 Å². The van der Waals surface area contributed by atoms with Crippen molar-refractivity contribution in [2.75, 3.05) is 41.7 Å². The summed E-state index contributed by atoms with van der Waals surface area (Å²) in [4.78, 5) is 37.4. The second kappa shape index (κ2) is 13.9. The molecule has 0 aromatic heterocycles. The Morgan fingerprint density at radius 3 is 2.24 bits per heavy atom. The summed E-state index contributed by atoms with van der Waals surface area (Å²) in [7, 11) is 1.13. The van der Waals surface area contributed by atoms with E-state index in [4.69, 9.17) is 37.4 Å². The van der Waals surface area contributed by atoms with Crippen LogP contribution in [0.25, 0.3) is 0 Å². The van der Waals surface area contributed by atoms with Crippen LogP contribution in [0.3, 0.4) is 0 Å². The Labute approximate surface area is 242 Å². The first kappa shape index (κ1) is 32.0. The molecule has 1 amide bonds. The summed E-state index contributed by atoms with van der Waals surface area (Å²) < 4.78 is 30.6. The number of rotatable bonds is 11. The molecule has 224 valence electrons. The number of halogens is 3. The fourth-order valence-electron chi connectivity index (χ4n) is 3.86. The first-order chi connectivity index (χ1) is 19.4. The molecule has 3 rings (SSSR count). The number of nitro benzene ring substituents is 1. The largest absolute Gasteiger partial charge is 0.479 e. The molecule has 1 fully saturated rings. The molecule has 41 heavy (non-hydrogen) atoms. The second-order valence-electron chi connectivity index (χ2n) is 8.67. The summed E-state index contributed by atoms with van der Waals surface area (Å²) in [5.41, 5.74) is -0.380. The third-order valence-corrected chi connectivity index (χ3v) is 6.37. The van der Waals surface area contributed by atoms with Crippen molar-refractivity contribution in [2.45, 2.75) is 30.7 Å². The van der Waals surface area contributed by atoms with Crippen molar-refractivity contribution in [2.24, 2.45) is 0 Å². The van der Waals surface area contributed by atoms with Gasteiger partial charge in [-0.25, -0.2) is 14.0 Å². The van der Waals surface area contributed by atoms with Crippen LogP contribution in [0, 0.1) is 15.9 Å². The Hall–Kier alpha value is -3.47. The number of hydrogen-bond donors (Lipinski definition) is 4. The molecular formula is C24H26Cl2FN3O11. The van der Waals surface area contributed by atoms with Crippen LogP contribution in [0.2, 0.25) is 0 Å². The Kier molecular flexibility index (Phi) is 10.9. The number of nitro groups is 1. The number of amides is 1. The lowest BCUT2D eigenvalue weighted by atomic mass is 9.99. The van der Waals surface area contributed by atoms with Gasteiger partial charge < -0.3 is 39.5 Å². The quantitative estimate of drug-likeness (QED) is 0.162. The number of aliphatic hydroxyl groups is 3. The van der Waals surface area contributed by atoms with Crippen molar-refractivity contribution in [3.8, 4) is 11.5 Å². The molecule has 4 N–H and O–H groups in total. The first-order valence-corrected chi connectivity index (χ1v) is 13.0. The van der Waals surface area contributed by atoms with E-state index in [0.29, 0.717) is 18.8 Å². The predicted octanol–water partition coefficient (Wildman–Crippen LogP) is 1.92. The van der Waals surface area contributed by atoms with Gasteiger partial charge in [0, 0.05) is 55.8 Å². The first-order valence-electron chi connectivity index (χ1n) is 11.9. The van der Waals surface area contributed by atoms with Gasteiger partial charge in [0.2, 0.25) is 6.29 Å². The van der Waals surface area contributed by atoms with Crippen LogP contribution in [0.5, 0.6) is 11.5 Å². The molecule has 1 aliphatic heterocycles. The van der Waals surface area contributed by atoms with Gasteiger partial charge in [-0.3, -0.25) is 15.0 Å². The van der Waals surface area contributed by atoms with Crippen LogP contribution in [-0.2, 0) is 9.53 Å². The highest BCUT2D eigenvalue weighted by atomic mass is 35.5. The van der Waals surface area contributed by atoms with Crippen molar-refractivity contribution in [3.05, 3.63) is 52.3 Å². The zero-order valence-corrected chi connectivity index (χ0v) is 22.8. The summed E-state index contributed by atoms with van der Waals surface area (Å²) in [5.74, 6) is -2.87. The van der Waals surface area contributed by atoms with Crippen molar-refractivity contribution in [3.63, 3.8) is 0 Å². The van der Waals surface area contributed by atoms with E-state index in [-0.39, 0.29) is 23.2 Å². The van der Waals surface area contributed by atoms with E-state index in [1.54, 1.807) is 4.90 Å². The molecule has 14 nitrogen and oxygen atoms in total. The molecular weight excluding hydrogens is 596 g/mol. The van der Waals surface area contributed by atoms with Gasteiger partial charge in [0.05, 0.1) is 10.6 Å². The molecule has 5 atom stereocenters. The molecule has 0 spiro atoms. The van der Waals surface area contributed by atoms with E-state index in [1.165, 1.54) is 12.1 Å². The lowest BCUT2D eigenvalue weighted by molar-refractivity contribution is -0.384. The minimum atomic E-state index is -1.99. The minimum absolute atomic E-state index is 0.257. The van der Waals surface area contributed by atoms with Gasteiger partial charge >= 0.3 is 12.1 Å². The number of carbonyl (C=O) groups is 2. The number of alkyl halides is 2. The topological polar surface area (TPSA) is 192 Å². The lowest BCUT2D eigenvalue weighted by Gasteiger charge is -2.38. The molecule has 0 bridgehead atoms. The number of aliphatic carboxylic acids is 1. The smallest absolute Gasteiger partial charge is 0.419 e. The Morgan fingerprint density at radius 2 is 1.68 bits per heavy atom. The number of hydrogen-bond acceptors (Lipinski definition) is 11. The molecule has 0 aliphatic carbocycles. The molecule has 0 radical (unpaired) electrons. The maximum absolute atomic E-state index is 14.8. The third-order valence-electron chi connectivity index (χ3n) is 6.03. The predicted molar refractivity (Wildman–Crippen MR) is 143 cm³/mol. The highest BCUT2D eigenvalue weighted by Crippen LogP contribution is 2.35. The van der Waals surface area contributed by atoms with Gasteiger partial charge in [-0.05, 0) is 18.2 Å². The molecule has 1 aliphatic rings. The van der Waals surface area contributed by atoms with Crippen LogP contribution in [0.4, 0.5) is 26.2 Å². The van der Waals surface area contributed by atoms with Crippen molar-refractivity contribution >= 4 is 52.3 Å². The molecule has 0 saturated carbocycles. The number of aliphatic hydroxyl groups excluding tert-OH is 3. The zero-order valence-electron chi connectivity index (χ0n) is 21.3. The highest BCUT2D eigenvalue weighted by Gasteiger charge is 2.48. The lowest BCUT2D eigenvalue weighted by Crippen LogP contribution is -2.61. The van der Waals surface area contributed by atoms with Crippen molar-refractivity contribution in [1.82, 2.24) is 0 Å². The number of benzene rings is 2. The number of carboxylic acid groups (broad SMARTS) is 1. The summed E-state index contributed by atoms with van der Waals surface area (Å²) in [5, 5.41) is 50.8. The van der Waals surface area contributed by atoms with E-state index in [0.717, 1.165) is 36.2 Å².